The zero-order chi connectivity index (χ0) is 14.3. The van der Waals surface area contributed by atoms with Gasteiger partial charge in [-0.2, -0.15) is 0 Å². The minimum atomic E-state index is 0.791. The maximum atomic E-state index is 4.63. The van der Waals surface area contributed by atoms with Gasteiger partial charge in [0, 0.05) is 37.3 Å². The highest BCUT2D eigenvalue weighted by molar-refractivity contribution is 7.09. The van der Waals surface area contributed by atoms with Crippen molar-refractivity contribution >= 4 is 11.3 Å². The van der Waals surface area contributed by atoms with Gasteiger partial charge < -0.3 is 5.32 Å². The lowest BCUT2D eigenvalue weighted by Crippen LogP contribution is -2.17. The Kier molecular flexibility index (Phi) is 4.66. The van der Waals surface area contributed by atoms with E-state index in [-0.39, 0.29) is 0 Å². The molecule has 0 atom stereocenters. The maximum absolute atomic E-state index is 4.63. The maximum Gasteiger partial charge on any atom is 0.0998 e. The smallest absolute Gasteiger partial charge is 0.0998 e. The largest absolute Gasteiger partial charge is 0.311 e. The molecule has 3 heterocycles. The molecule has 4 nitrogen and oxygen atoms in total. The molecule has 3 rings (SSSR count). The molecule has 1 N–H and O–H groups in total. The second kappa shape index (κ2) is 7.06. The van der Waals surface area contributed by atoms with Crippen LogP contribution in [0.3, 0.4) is 0 Å². The van der Waals surface area contributed by atoms with Crippen molar-refractivity contribution in [2.75, 3.05) is 6.54 Å². The lowest BCUT2D eigenvalue weighted by molar-refractivity contribution is 0.673. The van der Waals surface area contributed by atoms with Gasteiger partial charge in [-0.1, -0.05) is 12.1 Å². The average molecular weight is 296 g/mol. The Hall–Kier alpha value is -2.11. The highest BCUT2D eigenvalue weighted by Gasteiger charge is 2.04. The molecule has 3 aromatic rings. The third-order valence-electron chi connectivity index (χ3n) is 3.03. The Morgan fingerprint density at radius 1 is 0.952 bits per heavy atom. The van der Waals surface area contributed by atoms with Crippen molar-refractivity contribution in [3.63, 3.8) is 0 Å². The summed E-state index contributed by atoms with van der Waals surface area (Å²) in [5.74, 6) is 0. The summed E-state index contributed by atoms with van der Waals surface area (Å²) >= 11 is 1.68. The summed E-state index contributed by atoms with van der Waals surface area (Å²) in [5.41, 5.74) is 2.95. The molecular formula is C16H16N4S. The van der Waals surface area contributed by atoms with E-state index < -0.39 is 0 Å². The molecule has 0 fully saturated rings. The SMILES string of the molecule is c1ccc(CNCCc2nc(-c3ccccn3)cs2)nc1. The molecule has 0 bridgehead atoms. The van der Waals surface area contributed by atoms with Crippen molar-refractivity contribution in [2.45, 2.75) is 13.0 Å². The molecule has 0 aliphatic rings. The Morgan fingerprint density at radius 3 is 2.57 bits per heavy atom. The number of nitrogens with zero attached hydrogens (tertiary/aromatic N) is 3. The van der Waals surface area contributed by atoms with E-state index in [4.69, 9.17) is 0 Å². The quantitative estimate of drug-likeness (QED) is 0.711. The summed E-state index contributed by atoms with van der Waals surface area (Å²) < 4.78 is 0. The third kappa shape index (κ3) is 3.93. The third-order valence-corrected chi connectivity index (χ3v) is 3.94. The second-order valence-corrected chi connectivity index (χ2v) is 5.53. The van der Waals surface area contributed by atoms with Gasteiger partial charge in [0.25, 0.3) is 0 Å². The summed E-state index contributed by atoms with van der Waals surface area (Å²) in [6.45, 7) is 1.69. The average Bonchev–Trinajstić information content (AvgIpc) is 3.02. The van der Waals surface area contributed by atoms with Crippen LogP contribution in [0, 0.1) is 0 Å². The fraction of sp³-hybridized carbons (Fsp3) is 0.188. The van der Waals surface area contributed by atoms with E-state index in [9.17, 15) is 0 Å². The highest BCUT2D eigenvalue weighted by Crippen LogP contribution is 2.19. The number of rotatable bonds is 6. The molecule has 0 saturated heterocycles. The topological polar surface area (TPSA) is 50.7 Å². The fourth-order valence-electron chi connectivity index (χ4n) is 1.97. The van der Waals surface area contributed by atoms with E-state index in [0.717, 1.165) is 41.6 Å². The zero-order valence-corrected chi connectivity index (χ0v) is 12.4. The van der Waals surface area contributed by atoms with E-state index in [1.165, 1.54) is 0 Å². The predicted octanol–water partition coefficient (Wildman–Crippen LogP) is 2.93. The van der Waals surface area contributed by atoms with Crippen LogP contribution < -0.4 is 5.32 Å². The molecule has 0 aliphatic carbocycles. The standard InChI is InChI=1S/C16H16N4S/c1-3-8-18-13(5-1)11-17-10-7-16-20-15(12-21-16)14-6-2-4-9-19-14/h1-6,8-9,12,17H,7,10-11H2. The minimum Gasteiger partial charge on any atom is -0.311 e. The van der Waals surface area contributed by atoms with Gasteiger partial charge in [-0.3, -0.25) is 9.97 Å². The summed E-state index contributed by atoms with van der Waals surface area (Å²) in [6.07, 6.45) is 4.53. The van der Waals surface area contributed by atoms with Crippen molar-refractivity contribution in [3.8, 4) is 11.4 Å². The fourth-order valence-corrected chi connectivity index (χ4v) is 2.76. The van der Waals surface area contributed by atoms with Gasteiger partial charge in [0.05, 0.1) is 22.1 Å². The number of aromatic nitrogens is 3. The lowest BCUT2D eigenvalue weighted by atomic mass is 10.3. The molecule has 0 amide bonds. The number of pyridine rings is 2. The van der Waals surface area contributed by atoms with Crippen LogP contribution in [0.1, 0.15) is 10.7 Å². The Balaban J connectivity index is 1.49. The van der Waals surface area contributed by atoms with Crippen LogP contribution in [-0.4, -0.2) is 21.5 Å². The second-order valence-electron chi connectivity index (χ2n) is 4.59. The zero-order valence-electron chi connectivity index (χ0n) is 11.6. The van der Waals surface area contributed by atoms with Crippen molar-refractivity contribution < 1.29 is 0 Å². The summed E-state index contributed by atoms with van der Waals surface area (Å²) in [5, 5.41) is 6.58. The first kappa shape index (κ1) is 13.9. The Morgan fingerprint density at radius 2 is 1.81 bits per heavy atom. The lowest BCUT2D eigenvalue weighted by Gasteiger charge is -2.02. The minimum absolute atomic E-state index is 0.791. The Labute approximate surface area is 127 Å². The van der Waals surface area contributed by atoms with Crippen LogP contribution in [0.2, 0.25) is 0 Å². The molecule has 0 aliphatic heterocycles. The monoisotopic (exact) mass is 296 g/mol. The van der Waals surface area contributed by atoms with Gasteiger partial charge in [0.15, 0.2) is 0 Å². The molecule has 0 spiro atoms. The molecule has 0 aromatic carbocycles. The van der Waals surface area contributed by atoms with Gasteiger partial charge in [-0.05, 0) is 24.3 Å². The number of nitrogens with one attached hydrogen (secondary N) is 1. The molecule has 106 valence electrons. The van der Waals surface area contributed by atoms with Crippen LogP contribution in [-0.2, 0) is 13.0 Å². The Bertz CT molecular complexity index is 667. The van der Waals surface area contributed by atoms with E-state index >= 15 is 0 Å². The van der Waals surface area contributed by atoms with E-state index in [2.05, 4.69) is 25.6 Å². The molecule has 21 heavy (non-hydrogen) atoms. The van der Waals surface area contributed by atoms with Crippen molar-refractivity contribution in [3.05, 3.63) is 64.9 Å². The number of thiazole rings is 1. The first-order chi connectivity index (χ1) is 10.4. The summed E-state index contributed by atoms with van der Waals surface area (Å²) in [7, 11) is 0. The molecule has 5 heteroatoms. The van der Waals surface area contributed by atoms with E-state index in [1.807, 2.05) is 42.6 Å². The van der Waals surface area contributed by atoms with Crippen LogP contribution in [0.4, 0.5) is 0 Å². The van der Waals surface area contributed by atoms with Gasteiger partial charge in [0.2, 0.25) is 0 Å². The van der Waals surface area contributed by atoms with Gasteiger partial charge in [-0.15, -0.1) is 11.3 Å². The van der Waals surface area contributed by atoms with Crippen LogP contribution in [0.5, 0.6) is 0 Å². The van der Waals surface area contributed by atoms with Crippen molar-refractivity contribution in [2.24, 2.45) is 0 Å². The number of hydrogen-bond donors (Lipinski definition) is 1. The highest BCUT2D eigenvalue weighted by atomic mass is 32.1. The summed E-state index contributed by atoms with van der Waals surface area (Å²) in [6, 6.07) is 11.8. The molecule has 0 radical (unpaired) electrons. The van der Waals surface area contributed by atoms with Gasteiger partial charge in [-0.25, -0.2) is 4.98 Å². The van der Waals surface area contributed by atoms with Crippen LogP contribution in [0.25, 0.3) is 11.4 Å². The number of hydrogen-bond acceptors (Lipinski definition) is 5. The van der Waals surface area contributed by atoms with Crippen LogP contribution >= 0.6 is 11.3 Å². The first-order valence-electron chi connectivity index (χ1n) is 6.88. The first-order valence-corrected chi connectivity index (χ1v) is 7.76. The molecule has 0 saturated carbocycles. The molecule has 0 unspecified atom stereocenters. The predicted molar refractivity (Wildman–Crippen MR) is 85.0 cm³/mol. The van der Waals surface area contributed by atoms with E-state index in [0.29, 0.717) is 0 Å². The normalized spacial score (nSPS) is 10.7. The summed E-state index contributed by atoms with van der Waals surface area (Å²) in [4.78, 5) is 13.2. The van der Waals surface area contributed by atoms with Gasteiger partial charge >= 0.3 is 0 Å². The molecular weight excluding hydrogens is 280 g/mol. The van der Waals surface area contributed by atoms with Gasteiger partial charge in [0.1, 0.15) is 0 Å². The van der Waals surface area contributed by atoms with Crippen molar-refractivity contribution in [1.82, 2.24) is 20.3 Å². The van der Waals surface area contributed by atoms with Crippen molar-refractivity contribution in [1.29, 1.82) is 0 Å². The van der Waals surface area contributed by atoms with Crippen LogP contribution in [0.15, 0.2) is 54.2 Å². The van der Waals surface area contributed by atoms with E-state index in [1.54, 1.807) is 17.5 Å². The molecule has 3 aromatic heterocycles.